The van der Waals surface area contributed by atoms with E-state index in [0.717, 1.165) is 18.4 Å². The second-order valence-corrected chi connectivity index (χ2v) is 14.9. The van der Waals surface area contributed by atoms with E-state index in [0.29, 0.717) is 17.1 Å². The molecule has 1 aromatic carbocycles. The minimum Gasteiger partial charge on any atom is -0.444 e. The number of halogens is 1. The van der Waals surface area contributed by atoms with Crippen molar-refractivity contribution in [1.29, 1.82) is 0 Å². The van der Waals surface area contributed by atoms with Crippen LogP contribution in [0, 0.1) is 5.41 Å². The van der Waals surface area contributed by atoms with Gasteiger partial charge in [0, 0.05) is 23.0 Å². The molecule has 1 saturated carbocycles. The minimum atomic E-state index is -1.11. The molecule has 4 rings (SSSR count). The van der Waals surface area contributed by atoms with Crippen LogP contribution in [0.2, 0.25) is 5.02 Å². The zero-order valence-electron chi connectivity index (χ0n) is 27.6. The van der Waals surface area contributed by atoms with Crippen LogP contribution in [0.25, 0.3) is 5.70 Å². The summed E-state index contributed by atoms with van der Waals surface area (Å²) in [6.07, 6.45) is 3.51. The summed E-state index contributed by atoms with van der Waals surface area (Å²) in [5.74, 6) is -2.58. The first-order valence-corrected chi connectivity index (χ1v) is 16.2. The lowest BCUT2D eigenvalue weighted by Crippen LogP contribution is -2.59. The van der Waals surface area contributed by atoms with E-state index in [1.807, 2.05) is 19.1 Å². The molecule has 252 valence electrons. The molecule has 3 aliphatic rings. The number of carbonyl (C=O) groups is 5. The van der Waals surface area contributed by atoms with Crippen molar-refractivity contribution >= 4 is 46.9 Å². The molecule has 1 saturated heterocycles. The number of alkyl carbamates (subject to hydrolysis) is 1. The third-order valence-corrected chi connectivity index (χ3v) is 8.20. The van der Waals surface area contributed by atoms with Crippen LogP contribution in [0.5, 0.6) is 0 Å². The van der Waals surface area contributed by atoms with E-state index >= 15 is 0 Å². The molecule has 4 N–H and O–H groups in total. The van der Waals surface area contributed by atoms with Crippen LogP contribution in [0.15, 0.2) is 30.3 Å². The number of nitrogens with one attached hydrogen (secondary N) is 4. The molecular formula is C33H46ClN5O7. The van der Waals surface area contributed by atoms with E-state index in [4.69, 9.17) is 21.2 Å². The topological polar surface area (TPSA) is 155 Å². The van der Waals surface area contributed by atoms with Gasteiger partial charge in [0.05, 0.1) is 18.3 Å². The van der Waals surface area contributed by atoms with E-state index in [-0.39, 0.29) is 25.4 Å². The van der Waals surface area contributed by atoms with Crippen LogP contribution in [0.1, 0.15) is 86.1 Å². The first-order valence-electron chi connectivity index (χ1n) is 15.8. The number of rotatable bonds is 10. The minimum absolute atomic E-state index is 0.0171. The highest BCUT2D eigenvalue weighted by molar-refractivity contribution is 6.38. The van der Waals surface area contributed by atoms with Gasteiger partial charge in [-0.2, -0.15) is 0 Å². The van der Waals surface area contributed by atoms with Crippen LogP contribution in [-0.4, -0.2) is 76.4 Å². The molecule has 1 aromatic rings. The van der Waals surface area contributed by atoms with Gasteiger partial charge < -0.3 is 25.6 Å². The fourth-order valence-corrected chi connectivity index (χ4v) is 5.72. The quantitative estimate of drug-likeness (QED) is 0.278. The van der Waals surface area contributed by atoms with E-state index in [9.17, 15) is 24.0 Å². The van der Waals surface area contributed by atoms with Crippen LogP contribution >= 0.6 is 11.6 Å². The van der Waals surface area contributed by atoms with Gasteiger partial charge >= 0.3 is 6.09 Å². The number of hydroxylamine groups is 1. The van der Waals surface area contributed by atoms with Gasteiger partial charge in [-0.05, 0) is 63.7 Å². The highest BCUT2D eigenvalue weighted by Gasteiger charge is 2.54. The summed E-state index contributed by atoms with van der Waals surface area (Å²) in [6, 6.07) is 3.91. The number of hydrogen-bond acceptors (Lipinski definition) is 8. The Labute approximate surface area is 275 Å². The summed E-state index contributed by atoms with van der Waals surface area (Å²) < 4.78 is 5.45. The molecule has 0 radical (unpaired) electrons. The van der Waals surface area contributed by atoms with Crippen molar-refractivity contribution < 1.29 is 33.5 Å². The molecule has 0 bridgehead atoms. The molecule has 4 atom stereocenters. The molecule has 1 aliphatic carbocycles. The Balaban J connectivity index is 1.65. The van der Waals surface area contributed by atoms with Gasteiger partial charge in [0.15, 0.2) is 0 Å². The number of hydrogen-bond donors (Lipinski definition) is 4. The predicted molar refractivity (Wildman–Crippen MR) is 172 cm³/mol. The Hall–Kier alpha value is -3.64. The molecule has 2 heterocycles. The number of carbonyl (C=O) groups excluding carboxylic acids is 5. The molecule has 0 unspecified atom stereocenters. The van der Waals surface area contributed by atoms with Gasteiger partial charge in [-0.1, -0.05) is 57.8 Å². The lowest BCUT2D eigenvalue weighted by Gasteiger charge is -2.36. The van der Waals surface area contributed by atoms with Gasteiger partial charge in [0.2, 0.25) is 17.6 Å². The normalized spacial score (nSPS) is 22.4. The largest absolute Gasteiger partial charge is 0.444 e. The van der Waals surface area contributed by atoms with Gasteiger partial charge in [-0.3, -0.25) is 29.5 Å². The van der Waals surface area contributed by atoms with E-state index in [1.54, 1.807) is 59.7 Å². The molecule has 12 nitrogen and oxygen atoms in total. The van der Waals surface area contributed by atoms with Crippen molar-refractivity contribution in [3.63, 3.8) is 0 Å². The average Bonchev–Trinajstić information content (AvgIpc) is 3.54. The monoisotopic (exact) mass is 659 g/mol. The molecule has 1 spiro atoms. The predicted octanol–water partition coefficient (Wildman–Crippen LogP) is 3.63. The lowest BCUT2D eigenvalue weighted by molar-refractivity contribution is -0.144. The maximum Gasteiger partial charge on any atom is 0.408 e. The molecular weight excluding hydrogens is 614 g/mol. The van der Waals surface area contributed by atoms with Crippen LogP contribution in [0.3, 0.4) is 0 Å². The van der Waals surface area contributed by atoms with E-state index < -0.39 is 64.3 Å². The zero-order valence-corrected chi connectivity index (χ0v) is 28.4. The summed E-state index contributed by atoms with van der Waals surface area (Å²) in [6.45, 7) is 12.4. The first-order chi connectivity index (χ1) is 21.4. The molecule has 2 aliphatic heterocycles. The van der Waals surface area contributed by atoms with Crippen LogP contribution in [0.4, 0.5) is 4.79 Å². The number of likely N-dealkylation sites (tertiary alicyclic amines) is 1. The standard InChI is InChI=1S/C33H46ClN5O7/c1-8-10-22(25(40)28(42)35-21-13-14-21)36-27(41)24-17-33(16-23(38-46-33)19-11-9-12-20(34)15-19)18-39(24)29(43)26(31(2,3)4)37-30(44)45-32(5,6)7/h9,11-12,15-16,21-22,24,26,38H,8,10,13-14,17-18H2,1-7H3,(H,35,42)(H,36,41)(H,37,44)/t22-,24-,26+,33+/m0/s1. The van der Waals surface area contributed by atoms with Crippen molar-refractivity contribution in [3.8, 4) is 0 Å². The third-order valence-electron chi connectivity index (χ3n) is 7.97. The third kappa shape index (κ3) is 8.79. The fraction of sp³-hybridized carbons (Fsp3) is 0.606. The first kappa shape index (κ1) is 35.2. The smallest absolute Gasteiger partial charge is 0.408 e. The number of ether oxygens (including phenoxy) is 1. The van der Waals surface area contributed by atoms with Crippen molar-refractivity contribution in [2.75, 3.05) is 6.54 Å². The average molecular weight is 660 g/mol. The molecule has 4 amide bonds. The Morgan fingerprint density at radius 1 is 1.11 bits per heavy atom. The van der Waals surface area contributed by atoms with Crippen molar-refractivity contribution in [2.45, 2.75) is 116 Å². The van der Waals surface area contributed by atoms with Crippen molar-refractivity contribution in [1.82, 2.24) is 26.3 Å². The number of nitrogens with zero attached hydrogens (tertiary/aromatic N) is 1. The Bertz CT molecular complexity index is 1400. The lowest BCUT2D eigenvalue weighted by atomic mass is 9.85. The van der Waals surface area contributed by atoms with E-state index in [2.05, 4.69) is 21.4 Å². The summed E-state index contributed by atoms with van der Waals surface area (Å²) in [5, 5.41) is 8.68. The number of amides is 4. The molecule has 46 heavy (non-hydrogen) atoms. The Morgan fingerprint density at radius 3 is 2.39 bits per heavy atom. The highest BCUT2D eigenvalue weighted by Crippen LogP contribution is 2.39. The van der Waals surface area contributed by atoms with E-state index in [1.165, 1.54) is 4.90 Å². The Morgan fingerprint density at radius 2 is 1.80 bits per heavy atom. The molecule has 2 fully saturated rings. The number of benzene rings is 1. The van der Waals surface area contributed by atoms with Gasteiger partial charge in [0.25, 0.3) is 5.91 Å². The maximum atomic E-state index is 14.4. The molecule has 13 heteroatoms. The molecule has 0 aromatic heterocycles. The number of Topliss-reactive ketones (excluding diaryl/α,β-unsaturated/α-hetero) is 1. The summed E-state index contributed by atoms with van der Waals surface area (Å²) >= 11 is 6.21. The van der Waals surface area contributed by atoms with Crippen molar-refractivity contribution in [2.24, 2.45) is 5.41 Å². The second-order valence-electron chi connectivity index (χ2n) is 14.4. The zero-order chi connectivity index (χ0) is 34.0. The van der Waals surface area contributed by atoms with Gasteiger partial charge in [-0.25, -0.2) is 4.79 Å². The van der Waals surface area contributed by atoms with Gasteiger partial charge in [0.1, 0.15) is 23.3 Å². The SMILES string of the molecule is CCC[C@H](NC(=O)[C@@H]1C[C@]2(C=C(c3cccc(Cl)c3)NO2)CN1C(=O)[C@@H](NC(=O)OC(C)(C)C)C(C)(C)C)C(=O)C(=O)NC1CC1. The number of ketones is 1. The fourth-order valence-electron chi connectivity index (χ4n) is 5.53. The summed E-state index contributed by atoms with van der Waals surface area (Å²) in [5.41, 5.74) is 1.61. The summed E-state index contributed by atoms with van der Waals surface area (Å²) in [4.78, 5) is 74.4. The van der Waals surface area contributed by atoms with Gasteiger partial charge in [-0.15, -0.1) is 0 Å². The Kier molecular flexibility index (Phi) is 10.4. The second kappa shape index (κ2) is 13.6. The van der Waals surface area contributed by atoms with Crippen LogP contribution < -0.4 is 21.4 Å². The maximum absolute atomic E-state index is 14.4. The van der Waals surface area contributed by atoms with Crippen molar-refractivity contribution in [3.05, 3.63) is 40.9 Å². The highest BCUT2D eigenvalue weighted by atomic mass is 35.5. The summed E-state index contributed by atoms with van der Waals surface area (Å²) in [7, 11) is 0. The van der Waals surface area contributed by atoms with Crippen LogP contribution in [-0.2, 0) is 28.8 Å².